The van der Waals surface area contributed by atoms with Gasteiger partial charge in [-0.05, 0) is 13.8 Å². The molecule has 0 aliphatic carbocycles. The Morgan fingerprint density at radius 1 is 1.27 bits per heavy atom. The molecule has 2 aromatic heterocycles. The molecule has 0 radical (unpaired) electrons. The van der Waals surface area contributed by atoms with Gasteiger partial charge in [0.1, 0.15) is 5.82 Å². The molecular formula is C7H8N4. The second-order valence-corrected chi connectivity index (χ2v) is 2.50. The van der Waals surface area contributed by atoms with Gasteiger partial charge in [-0.25, -0.2) is 0 Å². The lowest BCUT2D eigenvalue weighted by Gasteiger charge is -1.93. The largest absolute Gasteiger partial charge is 0.284 e. The zero-order chi connectivity index (χ0) is 7.84. The highest BCUT2D eigenvalue weighted by Gasteiger charge is 1.98. The number of aryl methyl sites for hydroxylation is 2. The van der Waals surface area contributed by atoms with Gasteiger partial charge in [-0.15, -0.1) is 10.2 Å². The van der Waals surface area contributed by atoms with Crippen LogP contribution in [0.3, 0.4) is 0 Å². The average molecular weight is 148 g/mol. The van der Waals surface area contributed by atoms with Crippen molar-refractivity contribution >= 4 is 5.65 Å². The third-order valence-corrected chi connectivity index (χ3v) is 1.59. The summed E-state index contributed by atoms with van der Waals surface area (Å²) in [5.41, 5.74) is 1.77. The minimum Gasteiger partial charge on any atom is -0.284 e. The van der Waals surface area contributed by atoms with Crippen molar-refractivity contribution in [2.45, 2.75) is 13.8 Å². The van der Waals surface area contributed by atoms with Gasteiger partial charge in [-0.3, -0.25) is 9.38 Å². The zero-order valence-electron chi connectivity index (χ0n) is 6.44. The summed E-state index contributed by atoms with van der Waals surface area (Å²) in [4.78, 5) is 4.10. The van der Waals surface area contributed by atoms with Gasteiger partial charge in [0.2, 0.25) is 0 Å². The molecule has 0 N–H and O–H groups in total. The van der Waals surface area contributed by atoms with Crippen LogP contribution in [0.25, 0.3) is 5.65 Å². The summed E-state index contributed by atoms with van der Waals surface area (Å²) < 4.78 is 1.92. The van der Waals surface area contributed by atoms with Gasteiger partial charge in [0.25, 0.3) is 0 Å². The quantitative estimate of drug-likeness (QED) is 0.553. The highest BCUT2D eigenvalue weighted by atomic mass is 15.2. The Bertz CT molecular complexity index is 390. The maximum absolute atomic E-state index is 4.10. The molecule has 0 unspecified atom stereocenters. The van der Waals surface area contributed by atoms with E-state index < -0.39 is 0 Å². The first-order valence-electron chi connectivity index (χ1n) is 3.41. The molecule has 0 saturated heterocycles. The number of rotatable bonds is 0. The fourth-order valence-electron chi connectivity index (χ4n) is 1.01. The van der Waals surface area contributed by atoms with E-state index in [2.05, 4.69) is 15.2 Å². The summed E-state index contributed by atoms with van der Waals surface area (Å²) in [6.07, 6.45) is 3.64. The van der Waals surface area contributed by atoms with Crippen LogP contribution in [-0.2, 0) is 0 Å². The van der Waals surface area contributed by atoms with Crippen molar-refractivity contribution in [2.75, 3.05) is 0 Å². The van der Waals surface area contributed by atoms with Gasteiger partial charge in [-0.1, -0.05) is 0 Å². The molecule has 2 rings (SSSR count). The number of nitrogens with zero attached hydrogens (tertiary/aromatic N) is 4. The molecular weight excluding hydrogens is 140 g/mol. The van der Waals surface area contributed by atoms with E-state index in [-0.39, 0.29) is 0 Å². The molecule has 11 heavy (non-hydrogen) atoms. The first-order valence-corrected chi connectivity index (χ1v) is 3.41. The molecule has 0 bridgehead atoms. The molecule has 4 nitrogen and oxygen atoms in total. The second kappa shape index (κ2) is 2.02. The van der Waals surface area contributed by atoms with Gasteiger partial charge in [0.15, 0.2) is 5.65 Å². The SMILES string of the molecule is Cc1cn2c(C)nnc2cn1. The average Bonchev–Trinajstić information content (AvgIpc) is 2.33. The van der Waals surface area contributed by atoms with Crippen LogP contribution in [0.5, 0.6) is 0 Å². The Morgan fingerprint density at radius 3 is 2.91 bits per heavy atom. The molecule has 0 aliphatic rings. The van der Waals surface area contributed by atoms with E-state index in [0.29, 0.717) is 0 Å². The topological polar surface area (TPSA) is 43.1 Å². The molecule has 0 spiro atoms. The first kappa shape index (κ1) is 6.27. The Kier molecular flexibility index (Phi) is 1.15. The Morgan fingerprint density at radius 2 is 2.09 bits per heavy atom. The Balaban J connectivity index is 2.87. The van der Waals surface area contributed by atoms with Gasteiger partial charge >= 0.3 is 0 Å². The fourth-order valence-corrected chi connectivity index (χ4v) is 1.01. The number of aromatic nitrogens is 4. The van der Waals surface area contributed by atoms with Crippen LogP contribution in [0.15, 0.2) is 12.4 Å². The van der Waals surface area contributed by atoms with E-state index in [1.807, 2.05) is 24.4 Å². The van der Waals surface area contributed by atoms with Crippen LogP contribution in [-0.4, -0.2) is 19.6 Å². The van der Waals surface area contributed by atoms with Crippen LogP contribution in [0.4, 0.5) is 0 Å². The van der Waals surface area contributed by atoms with E-state index in [1.54, 1.807) is 6.20 Å². The Hall–Kier alpha value is -1.45. The normalized spacial score (nSPS) is 10.7. The Labute approximate surface area is 63.9 Å². The lowest BCUT2D eigenvalue weighted by atomic mass is 10.5. The fraction of sp³-hybridized carbons (Fsp3) is 0.286. The molecule has 2 heterocycles. The number of fused-ring (bicyclic) bond motifs is 1. The molecule has 0 amide bonds. The first-order chi connectivity index (χ1) is 5.27. The predicted molar refractivity (Wildman–Crippen MR) is 40.3 cm³/mol. The zero-order valence-corrected chi connectivity index (χ0v) is 6.44. The van der Waals surface area contributed by atoms with Gasteiger partial charge in [-0.2, -0.15) is 0 Å². The molecule has 0 fully saturated rings. The van der Waals surface area contributed by atoms with E-state index in [0.717, 1.165) is 17.2 Å². The van der Waals surface area contributed by atoms with Gasteiger partial charge < -0.3 is 0 Å². The molecule has 4 heteroatoms. The van der Waals surface area contributed by atoms with Crippen LogP contribution >= 0.6 is 0 Å². The molecule has 0 saturated carbocycles. The van der Waals surface area contributed by atoms with Crippen molar-refractivity contribution in [3.63, 3.8) is 0 Å². The summed E-state index contributed by atoms with van der Waals surface area (Å²) in [6, 6.07) is 0. The lowest BCUT2D eigenvalue weighted by Crippen LogP contribution is -1.90. The second-order valence-electron chi connectivity index (χ2n) is 2.50. The number of hydrogen-bond donors (Lipinski definition) is 0. The van der Waals surface area contributed by atoms with Gasteiger partial charge in [0.05, 0.1) is 11.9 Å². The van der Waals surface area contributed by atoms with Crippen molar-refractivity contribution in [2.24, 2.45) is 0 Å². The summed E-state index contributed by atoms with van der Waals surface area (Å²) >= 11 is 0. The minimum absolute atomic E-state index is 0.799. The molecule has 0 aromatic carbocycles. The smallest absolute Gasteiger partial charge is 0.179 e. The highest BCUT2D eigenvalue weighted by molar-refractivity contribution is 5.34. The third kappa shape index (κ3) is 0.869. The van der Waals surface area contributed by atoms with Crippen molar-refractivity contribution in [1.29, 1.82) is 0 Å². The predicted octanol–water partition coefficient (Wildman–Crippen LogP) is 0.741. The summed E-state index contributed by atoms with van der Waals surface area (Å²) in [5.74, 6) is 0.894. The van der Waals surface area contributed by atoms with Gasteiger partial charge in [0, 0.05) is 6.20 Å². The monoisotopic (exact) mass is 148 g/mol. The van der Waals surface area contributed by atoms with Crippen molar-refractivity contribution in [3.05, 3.63) is 23.9 Å². The van der Waals surface area contributed by atoms with E-state index in [1.165, 1.54) is 0 Å². The summed E-state index contributed by atoms with van der Waals surface area (Å²) in [7, 11) is 0. The van der Waals surface area contributed by atoms with Crippen LogP contribution in [0.1, 0.15) is 11.5 Å². The molecule has 56 valence electrons. The minimum atomic E-state index is 0.799. The third-order valence-electron chi connectivity index (χ3n) is 1.59. The van der Waals surface area contributed by atoms with Crippen molar-refractivity contribution in [1.82, 2.24) is 19.6 Å². The highest BCUT2D eigenvalue weighted by Crippen LogP contribution is 2.01. The van der Waals surface area contributed by atoms with E-state index in [4.69, 9.17) is 0 Å². The maximum atomic E-state index is 4.10. The summed E-state index contributed by atoms with van der Waals surface area (Å²) in [6.45, 7) is 3.86. The van der Waals surface area contributed by atoms with Crippen LogP contribution in [0.2, 0.25) is 0 Å². The molecule has 0 aliphatic heterocycles. The number of hydrogen-bond acceptors (Lipinski definition) is 3. The van der Waals surface area contributed by atoms with Crippen LogP contribution < -0.4 is 0 Å². The van der Waals surface area contributed by atoms with Crippen molar-refractivity contribution < 1.29 is 0 Å². The van der Waals surface area contributed by atoms with Crippen LogP contribution in [0, 0.1) is 13.8 Å². The lowest BCUT2D eigenvalue weighted by molar-refractivity contribution is 0.989. The summed E-state index contributed by atoms with van der Waals surface area (Å²) in [5, 5.41) is 7.82. The molecule has 0 atom stereocenters. The maximum Gasteiger partial charge on any atom is 0.179 e. The van der Waals surface area contributed by atoms with Crippen molar-refractivity contribution in [3.8, 4) is 0 Å². The molecule has 2 aromatic rings. The van der Waals surface area contributed by atoms with E-state index >= 15 is 0 Å². The standard InChI is InChI=1S/C7H8N4/c1-5-4-11-6(2)9-10-7(11)3-8-5/h3-4H,1-2H3. The van der Waals surface area contributed by atoms with E-state index in [9.17, 15) is 0 Å².